The maximum Gasteiger partial charge on any atom is 0.340 e. The first-order valence-electron chi connectivity index (χ1n) is 11.1. The van der Waals surface area contributed by atoms with E-state index in [1.165, 1.54) is 12.1 Å². The fourth-order valence-electron chi connectivity index (χ4n) is 4.23. The van der Waals surface area contributed by atoms with Gasteiger partial charge in [0.05, 0.1) is 25.4 Å². The SMILES string of the molecule is COc1ccccc1CNC(=O)Cc1c(C)c2cc3c(-c4ccc(F)cc4)coc3cc2oc1=O. The zero-order valence-electron chi connectivity index (χ0n) is 19.2. The summed E-state index contributed by atoms with van der Waals surface area (Å²) in [6.45, 7) is 2.07. The van der Waals surface area contributed by atoms with E-state index in [4.69, 9.17) is 13.6 Å². The van der Waals surface area contributed by atoms with Crippen molar-refractivity contribution >= 4 is 27.8 Å². The number of halogens is 1. The van der Waals surface area contributed by atoms with E-state index in [1.54, 1.807) is 38.5 Å². The van der Waals surface area contributed by atoms with Gasteiger partial charge in [-0.15, -0.1) is 0 Å². The van der Waals surface area contributed by atoms with Crippen molar-refractivity contribution in [3.8, 4) is 16.9 Å². The van der Waals surface area contributed by atoms with Crippen molar-refractivity contribution < 1.29 is 22.8 Å². The number of methoxy groups -OCH3 is 1. The Morgan fingerprint density at radius 2 is 1.80 bits per heavy atom. The number of carbonyl (C=O) groups excluding carboxylic acids is 1. The highest BCUT2D eigenvalue weighted by Crippen LogP contribution is 2.34. The highest BCUT2D eigenvalue weighted by atomic mass is 19.1. The number of furan rings is 1. The molecule has 0 unspecified atom stereocenters. The van der Waals surface area contributed by atoms with Crippen molar-refractivity contribution in [3.05, 3.63) is 99.9 Å². The first-order valence-corrected chi connectivity index (χ1v) is 11.1. The highest BCUT2D eigenvalue weighted by Gasteiger charge is 2.18. The molecular formula is C28H22FNO5. The molecule has 5 aromatic rings. The maximum absolute atomic E-state index is 13.4. The largest absolute Gasteiger partial charge is 0.496 e. The van der Waals surface area contributed by atoms with Gasteiger partial charge in [-0.05, 0) is 42.3 Å². The minimum Gasteiger partial charge on any atom is -0.496 e. The number of aryl methyl sites for hydroxylation is 1. The van der Waals surface area contributed by atoms with Crippen molar-refractivity contribution in [1.29, 1.82) is 0 Å². The normalized spacial score (nSPS) is 11.2. The van der Waals surface area contributed by atoms with E-state index in [2.05, 4.69) is 5.32 Å². The third-order valence-electron chi connectivity index (χ3n) is 6.14. The number of benzene rings is 3. The number of rotatable bonds is 6. The molecule has 0 radical (unpaired) electrons. The quantitative estimate of drug-likeness (QED) is 0.330. The molecule has 6 nitrogen and oxygen atoms in total. The number of amides is 1. The number of carbonyl (C=O) groups is 1. The monoisotopic (exact) mass is 471 g/mol. The molecule has 0 atom stereocenters. The third-order valence-corrected chi connectivity index (χ3v) is 6.14. The highest BCUT2D eigenvalue weighted by molar-refractivity contribution is 6.02. The molecule has 0 bridgehead atoms. The predicted octanol–water partition coefficient (Wildman–Crippen LogP) is 5.52. The van der Waals surface area contributed by atoms with Gasteiger partial charge in [-0.2, -0.15) is 0 Å². The lowest BCUT2D eigenvalue weighted by molar-refractivity contribution is -0.120. The Morgan fingerprint density at radius 1 is 1.03 bits per heavy atom. The molecule has 0 aliphatic carbocycles. The second kappa shape index (κ2) is 9.10. The van der Waals surface area contributed by atoms with E-state index in [-0.39, 0.29) is 24.7 Å². The molecule has 0 fully saturated rings. The summed E-state index contributed by atoms with van der Waals surface area (Å²) in [6.07, 6.45) is 1.48. The summed E-state index contributed by atoms with van der Waals surface area (Å²) in [5.41, 5.74) is 3.74. The van der Waals surface area contributed by atoms with Crippen molar-refractivity contribution in [3.63, 3.8) is 0 Å². The van der Waals surface area contributed by atoms with Crippen LogP contribution in [0.1, 0.15) is 16.7 Å². The van der Waals surface area contributed by atoms with E-state index in [1.807, 2.05) is 30.3 Å². The lowest BCUT2D eigenvalue weighted by Crippen LogP contribution is -2.27. The first-order chi connectivity index (χ1) is 16.9. The van der Waals surface area contributed by atoms with Crippen molar-refractivity contribution in [1.82, 2.24) is 5.32 Å². The summed E-state index contributed by atoms with van der Waals surface area (Å²) < 4.78 is 29.9. The van der Waals surface area contributed by atoms with Crippen LogP contribution < -0.4 is 15.7 Å². The van der Waals surface area contributed by atoms with Crippen LogP contribution in [-0.2, 0) is 17.8 Å². The standard InChI is InChI=1S/C28H22FNO5/c1-16-20-11-22-23(17-7-9-19(29)10-8-17)15-34-25(22)13-26(20)35-28(32)21(16)12-27(31)30-14-18-5-3-4-6-24(18)33-2/h3-11,13,15H,12,14H2,1-2H3,(H,30,31). The van der Waals surface area contributed by atoms with Crippen LogP contribution in [-0.4, -0.2) is 13.0 Å². The van der Waals surface area contributed by atoms with Crippen LogP contribution in [0.15, 0.2) is 80.6 Å². The van der Waals surface area contributed by atoms with E-state index in [0.717, 1.165) is 22.1 Å². The van der Waals surface area contributed by atoms with Gasteiger partial charge in [0.25, 0.3) is 0 Å². The van der Waals surface area contributed by atoms with E-state index in [9.17, 15) is 14.0 Å². The van der Waals surface area contributed by atoms with Gasteiger partial charge in [-0.25, -0.2) is 9.18 Å². The zero-order chi connectivity index (χ0) is 24.5. The number of nitrogens with one attached hydrogen (secondary N) is 1. The summed E-state index contributed by atoms with van der Waals surface area (Å²) in [4.78, 5) is 25.4. The fraction of sp³-hybridized carbons (Fsp3) is 0.143. The summed E-state index contributed by atoms with van der Waals surface area (Å²) in [5, 5.41) is 4.34. The summed E-state index contributed by atoms with van der Waals surface area (Å²) in [7, 11) is 1.57. The van der Waals surface area contributed by atoms with Gasteiger partial charge >= 0.3 is 5.63 Å². The minimum atomic E-state index is -0.563. The molecule has 3 aromatic carbocycles. The zero-order valence-corrected chi connectivity index (χ0v) is 19.2. The molecule has 0 saturated carbocycles. The van der Waals surface area contributed by atoms with Crippen LogP contribution in [0.3, 0.4) is 0 Å². The van der Waals surface area contributed by atoms with Gasteiger partial charge in [-0.1, -0.05) is 30.3 Å². The third kappa shape index (κ3) is 4.28. The molecule has 1 amide bonds. The molecule has 1 N–H and O–H groups in total. The smallest absolute Gasteiger partial charge is 0.340 e. The minimum absolute atomic E-state index is 0.118. The van der Waals surface area contributed by atoms with Gasteiger partial charge in [0.2, 0.25) is 5.91 Å². The molecule has 5 rings (SSSR count). The summed E-state index contributed by atoms with van der Waals surface area (Å²) >= 11 is 0. The van der Waals surface area contributed by atoms with Gasteiger partial charge in [0.1, 0.15) is 22.7 Å². The van der Waals surface area contributed by atoms with Crippen LogP contribution in [0, 0.1) is 12.7 Å². The predicted molar refractivity (Wildman–Crippen MR) is 131 cm³/mol. The Hall–Kier alpha value is -4.39. The molecular weight excluding hydrogens is 449 g/mol. The molecule has 0 aliphatic heterocycles. The van der Waals surface area contributed by atoms with Crippen molar-refractivity contribution in [2.45, 2.75) is 19.9 Å². The number of ether oxygens (including phenoxy) is 1. The van der Waals surface area contributed by atoms with Crippen LogP contribution in [0.4, 0.5) is 4.39 Å². The fourth-order valence-corrected chi connectivity index (χ4v) is 4.23. The van der Waals surface area contributed by atoms with Gasteiger partial charge < -0.3 is 18.9 Å². The molecule has 0 spiro atoms. The molecule has 2 heterocycles. The Morgan fingerprint density at radius 3 is 2.57 bits per heavy atom. The lowest BCUT2D eigenvalue weighted by Gasteiger charge is -2.11. The van der Waals surface area contributed by atoms with Crippen LogP contribution >= 0.6 is 0 Å². The number of hydrogen-bond donors (Lipinski definition) is 1. The van der Waals surface area contributed by atoms with E-state index in [0.29, 0.717) is 33.4 Å². The van der Waals surface area contributed by atoms with Gasteiger partial charge in [-0.3, -0.25) is 4.79 Å². The molecule has 2 aromatic heterocycles. The Labute approximate surface area is 199 Å². The molecule has 0 saturated heterocycles. The van der Waals surface area contributed by atoms with E-state index >= 15 is 0 Å². The molecule has 35 heavy (non-hydrogen) atoms. The van der Waals surface area contributed by atoms with Gasteiger partial charge in [0.15, 0.2) is 0 Å². The lowest BCUT2D eigenvalue weighted by atomic mass is 9.99. The van der Waals surface area contributed by atoms with Crippen LogP contribution in [0.5, 0.6) is 5.75 Å². The Bertz CT molecular complexity index is 1620. The topological polar surface area (TPSA) is 81.7 Å². The summed E-state index contributed by atoms with van der Waals surface area (Å²) in [6, 6.07) is 17.1. The second-order valence-corrected chi connectivity index (χ2v) is 8.26. The molecule has 176 valence electrons. The average molecular weight is 471 g/mol. The Balaban J connectivity index is 1.47. The van der Waals surface area contributed by atoms with Crippen LogP contribution in [0.25, 0.3) is 33.1 Å². The Kier molecular flexibility index (Phi) is 5.82. The molecule has 7 heteroatoms. The van der Waals surface area contributed by atoms with Crippen molar-refractivity contribution in [2.75, 3.05) is 7.11 Å². The summed E-state index contributed by atoms with van der Waals surface area (Å²) in [5.74, 6) is 0.0515. The van der Waals surface area contributed by atoms with Crippen LogP contribution in [0.2, 0.25) is 0 Å². The van der Waals surface area contributed by atoms with Crippen molar-refractivity contribution in [2.24, 2.45) is 0 Å². The van der Waals surface area contributed by atoms with Gasteiger partial charge in [0, 0.05) is 34.5 Å². The molecule has 0 aliphatic rings. The number of para-hydroxylation sites is 1. The first kappa shape index (κ1) is 22.4. The average Bonchev–Trinajstić information content (AvgIpc) is 3.27. The number of fused-ring (bicyclic) bond motifs is 2. The number of hydrogen-bond acceptors (Lipinski definition) is 5. The maximum atomic E-state index is 13.4. The van der Waals surface area contributed by atoms with E-state index < -0.39 is 5.63 Å². The second-order valence-electron chi connectivity index (χ2n) is 8.26.